The Kier molecular flexibility index (Phi) is 6.22. The molecule has 2 aliphatic rings. The predicted molar refractivity (Wildman–Crippen MR) is 85.4 cm³/mol. The topological polar surface area (TPSA) is 82.9 Å². The number of rotatable bonds is 4. The van der Waals surface area contributed by atoms with Crippen LogP contribution >= 0.6 is 11.8 Å². The van der Waals surface area contributed by atoms with Gasteiger partial charge in [-0.25, -0.2) is 0 Å². The van der Waals surface area contributed by atoms with Crippen LogP contribution in [0.5, 0.6) is 0 Å². The lowest BCUT2D eigenvalue weighted by Crippen LogP contribution is -2.31. The maximum absolute atomic E-state index is 11.8. The molecule has 2 fully saturated rings. The lowest BCUT2D eigenvalue weighted by molar-refractivity contribution is -0.125. The van der Waals surface area contributed by atoms with E-state index in [-0.39, 0.29) is 18.2 Å². The van der Waals surface area contributed by atoms with Crippen molar-refractivity contribution < 1.29 is 9.59 Å². The van der Waals surface area contributed by atoms with Crippen molar-refractivity contribution in [2.75, 3.05) is 6.54 Å². The van der Waals surface area contributed by atoms with Gasteiger partial charge < -0.3 is 10.6 Å². The summed E-state index contributed by atoms with van der Waals surface area (Å²) >= 11 is 1.29. The molecular weight excluding hydrogens is 288 g/mol. The molecular formula is C14H22N4O2S. The van der Waals surface area contributed by atoms with Crippen molar-refractivity contribution in [2.45, 2.75) is 57.1 Å². The van der Waals surface area contributed by atoms with E-state index >= 15 is 0 Å². The number of nitrogens with zero attached hydrogens (tertiary/aromatic N) is 2. The van der Waals surface area contributed by atoms with Gasteiger partial charge in [0.2, 0.25) is 11.8 Å². The molecule has 0 spiro atoms. The second-order valence-electron chi connectivity index (χ2n) is 5.24. The second-order valence-corrected chi connectivity index (χ2v) is 6.43. The molecule has 2 N–H and O–H groups in total. The number of hydrogen-bond donors (Lipinski definition) is 2. The molecule has 116 valence electrons. The van der Waals surface area contributed by atoms with Crippen LogP contribution in [0.2, 0.25) is 0 Å². The van der Waals surface area contributed by atoms with Gasteiger partial charge in [-0.1, -0.05) is 24.6 Å². The number of amides is 2. The van der Waals surface area contributed by atoms with Gasteiger partial charge in [-0.2, -0.15) is 5.10 Å². The molecule has 1 saturated carbocycles. The maximum atomic E-state index is 11.8. The van der Waals surface area contributed by atoms with E-state index in [2.05, 4.69) is 20.8 Å². The minimum atomic E-state index is -0.398. The SMILES string of the molecule is CCNC(=O)C[C@@H]1S/C(=N\N=C2CCCCCC2)NC1=O. The van der Waals surface area contributed by atoms with E-state index in [4.69, 9.17) is 0 Å². The van der Waals surface area contributed by atoms with Crippen LogP contribution in [-0.2, 0) is 9.59 Å². The number of carbonyl (C=O) groups is 2. The molecule has 2 amide bonds. The monoisotopic (exact) mass is 310 g/mol. The van der Waals surface area contributed by atoms with Crippen LogP contribution in [0.1, 0.15) is 51.9 Å². The number of thioether (sulfide) groups is 1. The zero-order valence-corrected chi connectivity index (χ0v) is 13.2. The van der Waals surface area contributed by atoms with Crippen LogP contribution in [0, 0.1) is 0 Å². The first-order valence-corrected chi connectivity index (χ1v) is 8.44. The van der Waals surface area contributed by atoms with Crippen molar-refractivity contribution in [3.05, 3.63) is 0 Å². The summed E-state index contributed by atoms with van der Waals surface area (Å²) in [6, 6.07) is 0. The Morgan fingerprint density at radius 3 is 2.67 bits per heavy atom. The molecule has 0 radical (unpaired) electrons. The van der Waals surface area contributed by atoms with Crippen molar-refractivity contribution in [2.24, 2.45) is 10.2 Å². The van der Waals surface area contributed by atoms with E-state index in [1.807, 2.05) is 6.92 Å². The number of amidine groups is 1. The molecule has 7 heteroatoms. The van der Waals surface area contributed by atoms with Crippen LogP contribution in [0.25, 0.3) is 0 Å². The highest BCUT2D eigenvalue weighted by atomic mass is 32.2. The number of carbonyl (C=O) groups excluding carboxylic acids is 2. The minimum absolute atomic E-state index is 0.110. The molecule has 2 rings (SSSR count). The molecule has 0 unspecified atom stereocenters. The molecule has 0 aromatic rings. The average Bonchev–Trinajstić information content (AvgIpc) is 2.67. The van der Waals surface area contributed by atoms with Crippen molar-refractivity contribution in [1.29, 1.82) is 0 Å². The quantitative estimate of drug-likeness (QED) is 0.613. The van der Waals surface area contributed by atoms with Gasteiger partial charge in [-0.15, -0.1) is 5.10 Å². The molecule has 21 heavy (non-hydrogen) atoms. The third-order valence-corrected chi connectivity index (χ3v) is 4.56. The van der Waals surface area contributed by atoms with Gasteiger partial charge in [-0.3, -0.25) is 9.59 Å². The van der Waals surface area contributed by atoms with Gasteiger partial charge in [0.1, 0.15) is 5.25 Å². The summed E-state index contributed by atoms with van der Waals surface area (Å²) in [5.74, 6) is -0.271. The van der Waals surface area contributed by atoms with Gasteiger partial charge in [0.15, 0.2) is 5.17 Å². The Morgan fingerprint density at radius 1 is 1.29 bits per heavy atom. The van der Waals surface area contributed by atoms with Crippen molar-refractivity contribution in [3.8, 4) is 0 Å². The summed E-state index contributed by atoms with van der Waals surface area (Å²) in [7, 11) is 0. The third-order valence-electron chi connectivity index (χ3n) is 3.48. The lowest BCUT2D eigenvalue weighted by atomic mass is 10.2. The molecule has 1 saturated heterocycles. The minimum Gasteiger partial charge on any atom is -0.356 e. The van der Waals surface area contributed by atoms with E-state index in [9.17, 15) is 9.59 Å². The zero-order valence-electron chi connectivity index (χ0n) is 12.4. The largest absolute Gasteiger partial charge is 0.356 e. The molecule has 1 aliphatic heterocycles. The smallest absolute Gasteiger partial charge is 0.240 e. The molecule has 0 aromatic heterocycles. The van der Waals surface area contributed by atoms with E-state index in [1.165, 1.54) is 37.4 Å². The highest BCUT2D eigenvalue weighted by Crippen LogP contribution is 2.23. The van der Waals surface area contributed by atoms with E-state index in [0.717, 1.165) is 18.6 Å². The number of hydrogen-bond acceptors (Lipinski definition) is 5. The Hall–Kier alpha value is -1.37. The summed E-state index contributed by atoms with van der Waals surface area (Å²) in [5.41, 5.74) is 1.11. The maximum Gasteiger partial charge on any atom is 0.240 e. The van der Waals surface area contributed by atoms with Crippen molar-refractivity contribution >= 4 is 34.5 Å². The van der Waals surface area contributed by atoms with Gasteiger partial charge >= 0.3 is 0 Å². The fourth-order valence-corrected chi connectivity index (χ4v) is 3.29. The highest BCUT2D eigenvalue weighted by molar-refractivity contribution is 8.15. The zero-order chi connectivity index (χ0) is 15.1. The first kappa shape index (κ1) is 16.0. The molecule has 6 nitrogen and oxygen atoms in total. The van der Waals surface area contributed by atoms with Crippen LogP contribution in [0.3, 0.4) is 0 Å². The van der Waals surface area contributed by atoms with Crippen LogP contribution in [-0.4, -0.2) is 34.5 Å². The average molecular weight is 310 g/mol. The van der Waals surface area contributed by atoms with Crippen molar-refractivity contribution in [1.82, 2.24) is 10.6 Å². The first-order chi connectivity index (χ1) is 10.2. The predicted octanol–water partition coefficient (Wildman–Crippen LogP) is 1.81. The standard InChI is InChI=1S/C14H22N4O2S/c1-2-15-12(19)9-11-13(20)16-14(21-11)18-17-10-7-5-3-4-6-8-10/h11H,2-9H2,1H3,(H,15,19)(H,16,18,20)/t11-/m0/s1. The molecule has 1 aliphatic carbocycles. The summed E-state index contributed by atoms with van der Waals surface area (Å²) in [6.45, 7) is 2.43. The normalized spacial score (nSPS) is 24.6. The van der Waals surface area contributed by atoms with Gasteiger partial charge in [0, 0.05) is 18.7 Å². The molecule has 1 atom stereocenters. The fraction of sp³-hybridized carbons (Fsp3) is 0.714. The van der Waals surface area contributed by atoms with Gasteiger partial charge in [0.25, 0.3) is 0 Å². The summed E-state index contributed by atoms with van der Waals surface area (Å²) in [4.78, 5) is 23.3. The van der Waals surface area contributed by atoms with E-state index < -0.39 is 5.25 Å². The van der Waals surface area contributed by atoms with Gasteiger partial charge in [0.05, 0.1) is 0 Å². The summed E-state index contributed by atoms with van der Waals surface area (Å²) in [6.07, 6.45) is 7.03. The fourth-order valence-electron chi connectivity index (χ4n) is 2.38. The second kappa shape index (κ2) is 8.17. The lowest BCUT2D eigenvalue weighted by Gasteiger charge is -2.04. The third kappa shape index (κ3) is 5.15. The van der Waals surface area contributed by atoms with Crippen LogP contribution in [0.4, 0.5) is 0 Å². The van der Waals surface area contributed by atoms with Crippen LogP contribution < -0.4 is 10.6 Å². The highest BCUT2D eigenvalue weighted by Gasteiger charge is 2.32. The summed E-state index contributed by atoms with van der Waals surface area (Å²) in [5, 5.41) is 13.9. The summed E-state index contributed by atoms with van der Waals surface area (Å²) < 4.78 is 0. The van der Waals surface area contributed by atoms with Crippen molar-refractivity contribution in [3.63, 3.8) is 0 Å². The van der Waals surface area contributed by atoms with Crippen LogP contribution in [0.15, 0.2) is 10.2 Å². The first-order valence-electron chi connectivity index (χ1n) is 7.56. The molecule has 0 aromatic carbocycles. The Labute approximate surface area is 129 Å². The number of nitrogens with one attached hydrogen (secondary N) is 2. The van der Waals surface area contributed by atoms with E-state index in [0.29, 0.717) is 11.7 Å². The van der Waals surface area contributed by atoms with Gasteiger partial charge in [-0.05, 0) is 32.6 Å². The molecule has 1 heterocycles. The Bertz CT molecular complexity index is 452. The van der Waals surface area contributed by atoms with E-state index in [1.54, 1.807) is 0 Å². The molecule has 0 bridgehead atoms. The Morgan fingerprint density at radius 2 is 2.00 bits per heavy atom. The Balaban J connectivity index is 1.90.